The molecule has 2 rings (SSSR count). The Morgan fingerprint density at radius 1 is 1.33 bits per heavy atom. The van der Waals surface area contributed by atoms with Crippen LogP contribution in [0.4, 0.5) is 0 Å². The maximum Gasteiger partial charge on any atom is 0.0389 e. The third-order valence-corrected chi connectivity index (χ3v) is 3.39. The van der Waals surface area contributed by atoms with Crippen molar-refractivity contribution in [3.63, 3.8) is 0 Å². The first-order chi connectivity index (χ1) is 5.83. The van der Waals surface area contributed by atoms with E-state index in [1.807, 2.05) is 0 Å². The number of rotatable bonds is 0. The van der Waals surface area contributed by atoms with Crippen molar-refractivity contribution in [3.8, 4) is 0 Å². The van der Waals surface area contributed by atoms with E-state index in [0.29, 0.717) is 5.41 Å². The SMILES string of the molecule is CC1=NCCCC12CC=CCC2. The second kappa shape index (κ2) is 3.04. The maximum atomic E-state index is 4.59. The number of nitrogens with zero attached hydrogens (tertiary/aromatic N) is 1. The lowest BCUT2D eigenvalue weighted by Gasteiger charge is -2.37. The molecule has 0 aromatic heterocycles. The summed E-state index contributed by atoms with van der Waals surface area (Å²) in [7, 11) is 0. The van der Waals surface area contributed by atoms with Gasteiger partial charge in [-0.05, 0) is 39.0 Å². The van der Waals surface area contributed by atoms with Crippen LogP contribution in [0.5, 0.6) is 0 Å². The smallest absolute Gasteiger partial charge is 0.0389 e. The molecular weight excluding hydrogens is 146 g/mol. The van der Waals surface area contributed by atoms with E-state index in [0.717, 1.165) is 6.54 Å². The molecular formula is C11H17N. The molecule has 0 aromatic carbocycles. The van der Waals surface area contributed by atoms with Crippen LogP contribution < -0.4 is 0 Å². The first kappa shape index (κ1) is 8.03. The van der Waals surface area contributed by atoms with Gasteiger partial charge in [0.25, 0.3) is 0 Å². The van der Waals surface area contributed by atoms with Crippen LogP contribution in [0.25, 0.3) is 0 Å². The van der Waals surface area contributed by atoms with E-state index in [1.54, 1.807) is 0 Å². The Bertz CT molecular complexity index is 227. The topological polar surface area (TPSA) is 12.4 Å². The average Bonchev–Trinajstić information content (AvgIpc) is 2.12. The van der Waals surface area contributed by atoms with Crippen LogP contribution in [-0.4, -0.2) is 12.3 Å². The van der Waals surface area contributed by atoms with Gasteiger partial charge in [0.1, 0.15) is 0 Å². The molecule has 0 bridgehead atoms. The van der Waals surface area contributed by atoms with Crippen LogP contribution in [0.1, 0.15) is 39.0 Å². The van der Waals surface area contributed by atoms with E-state index in [-0.39, 0.29) is 0 Å². The standard InChI is InChI=1S/C11H17N/c1-10-11(8-5-9-12-10)6-3-2-4-7-11/h2-3H,4-9H2,1H3. The molecule has 0 saturated heterocycles. The van der Waals surface area contributed by atoms with Crippen molar-refractivity contribution >= 4 is 5.71 Å². The Morgan fingerprint density at radius 3 is 2.92 bits per heavy atom. The predicted molar refractivity (Wildman–Crippen MR) is 52.6 cm³/mol. The Labute approximate surface area is 74.6 Å². The lowest BCUT2D eigenvalue weighted by Crippen LogP contribution is -2.33. The molecule has 0 amide bonds. The average molecular weight is 163 g/mol. The zero-order valence-corrected chi connectivity index (χ0v) is 7.84. The second-order valence-electron chi connectivity index (χ2n) is 4.07. The molecule has 0 saturated carbocycles. The van der Waals surface area contributed by atoms with E-state index >= 15 is 0 Å². The minimum atomic E-state index is 0.479. The summed E-state index contributed by atoms with van der Waals surface area (Å²) < 4.78 is 0. The van der Waals surface area contributed by atoms with Gasteiger partial charge in [-0.3, -0.25) is 4.99 Å². The molecule has 0 radical (unpaired) electrons. The van der Waals surface area contributed by atoms with Gasteiger partial charge in [0.15, 0.2) is 0 Å². The maximum absolute atomic E-state index is 4.59. The van der Waals surface area contributed by atoms with Gasteiger partial charge in [-0.25, -0.2) is 0 Å². The van der Waals surface area contributed by atoms with E-state index < -0.39 is 0 Å². The highest BCUT2D eigenvalue weighted by Crippen LogP contribution is 2.40. The van der Waals surface area contributed by atoms with Crippen molar-refractivity contribution in [2.24, 2.45) is 10.4 Å². The van der Waals surface area contributed by atoms with Crippen LogP contribution >= 0.6 is 0 Å². The third-order valence-electron chi connectivity index (χ3n) is 3.39. The van der Waals surface area contributed by atoms with E-state index in [9.17, 15) is 0 Å². The van der Waals surface area contributed by atoms with Gasteiger partial charge in [0.2, 0.25) is 0 Å². The van der Waals surface area contributed by atoms with E-state index in [4.69, 9.17) is 0 Å². The molecule has 0 fully saturated rings. The molecule has 1 unspecified atom stereocenters. The molecule has 1 heterocycles. The fourth-order valence-corrected chi connectivity index (χ4v) is 2.46. The van der Waals surface area contributed by atoms with Gasteiger partial charge in [0, 0.05) is 17.7 Å². The largest absolute Gasteiger partial charge is 0.294 e. The highest BCUT2D eigenvalue weighted by molar-refractivity contribution is 5.88. The molecule has 1 spiro atoms. The van der Waals surface area contributed by atoms with Gasteiger partial charge in [-0.1, -0.05) is 12.2 Å². The fraction of sp³-hybridized carbons (Fsp3) is 0.727. The van der Waals surface area contributed by atoms with Crippen LogP contribution in [0.2, 0.25) is 0 Å². The molecule has 1 heteroatoms. The molecule has 2 aliphatic rings. The van der Waals surface area contributed by atoms with Crippen LogP contribution in [0.15, 0.2) is 17.1 Å². The monoisotopic (exact) mass is 163 g/mol. The lowest BCUT2D eigenvalue weighted by molar-refractivity contribution is 0.328. The molecule has 1 nitrogen and oxygen atoms in total. The number of aliphatic imine (C=N–C) groups is 1. The molecule has 0 aromatic rings. The molecule has 1 aliphatic heterocycles. The Kier molecular flexibility index (Phi) is 2.03. The molecule has 0 N–H and O–H groups in total. The first-order valence-corrected chi connectivity index (χ1v) is 5.00. The Balaban J connectivity index is 2.23. The van der Waals surface area contributed by atoms with Crippen LogP contribution in [0, 0.1) is 5.41 Å². The van der Waals surface area contributed by atoms with E-state index in [2.05, 4.69) is 24.1 Å². The van der Waals surface area contributed by atoms with Gasteiger partial charge >= 0.3 is 0 Å². The van der Waals surface area contributed by atoms with Gasteiger partial charge < -0.3 is 0 Å². The second-order valence-corrected chi connectivity index (χ2v) is 4.07. The van der Waals surface area contributed by atoms with Gasteiger partial charge in [0.05, 0.1) is 0 Å². The normalized spacial score (nSPS) is 35.2. The highest BCUT2D eigenvalue weighted by atomic mass is 14.8. The minimum absolute atomic E-state index is 0.479. The summed E-state index contributed by atoms with van der Waals surface area (Å²) in [5.74, 6) is 0. The zero-order valence-electron chi connectivity index (χ0n) is 7.84. The van der Waals surface area contributed by atoms with Crippen molar-refractivity contribution in [1.29, 1.82) is 0 Å². The highest BCUT2D eigenvalue weighted by Gasteiger charge is 2.34. The fourth-order valence-electron chi connectivity index (χ4n) is 2.46. The minimum Gasteiger partial charge on any atom is -0.294 e. The first-order valence-electron chi connectivity index (χ1n) is 5.00. The predicted octanol–water partition coefficient (Wildman–Crippen LogP) is 2.97. The Hall–Kier alpha value is -0.590. The zero-order chi connectivity index (χ0) is 8.44. The van der Waals surface area contributed by atoms with Gasteiger partial charge in [-0.2, -0.15) is 0 Å². The molecule has 1 atom stereocenters. The van der Waals surface area contributed by atoms with Crippen LogP contribution in [-0.2, 0) is 0 Å². The lowest BCUT2D eigenvalue weighted by atomic mass is 9.69. The number of hydrogen-bond donors (Lipinski definition) is 0. The van der Waals surface area contributed by atoms with Gasteiger partial charge in [-0.15, -0.1) is 0 Å². The quantitative estimate of drug-likeness (QED) is 0.487. The Morgan fingerprint density at radius 2 is 2.25 bits per heavy atom. The van der Waals surface area contributed by atoms with Crippen molar-refractivity contribution in [2.45, 2.75) is 39.0 Å². The molecule has 1 aliphatic carbocycles. The number of allylic oxidation sites excluding steroid dienone is 2. The van der Waals surface area contributed by atoms with Crippen molar-refractivity contribution in [2.75, 3.05) is 6.54 Å². The van der Waals surface area contributed by atoms with Crippen LogP contribution in [0.3, 0.4) is 0 Å². The molecule has 66 valence electrons. The summed E-state index contributed by atoms with van der Waals surface area (Å²) in [5, 5.41) is 0. The summed E-state index contributed by atoms with van der Waals surface area (Å²) in [6, 6.07) is 0. The van der Waals surface area contributed by atoms with Crippen molar-refractivity contribution < 1.29 is 0 Å². The van der Waals surface area contributed by atoms with E-state index in [1.165, 1.54) is 37.8 Å². The van der Waals surface area contributed by atoms with Crippen molar-refractivity contribution in [3.05, 3.63) is 12.2 Å². The third kappa shape index (κ3) is 1.21. The van der Waals surface area contributed by atoms with Crippen molar-refractivity contribution in [1.82, 2.24) is 0 Å². The summed E-state index contributed by atoms with van der Waals surface area (Å²) in [5.41, 5.74) is 1.89. The summed E-state index contributed by atoms with van der Waals surface area (Å²) in [6.45, 7) is 3.29. The summed E-state index contributed by atoms with van der Waals surface area (Å²) in [6.07, 6.45) is 11.1. The molecule has 12 heavy (non-hydrogen) atoms. The number of hydrogen-bond acceptors (Lipinski definition) is 1. The summed E-state index contributed by atoms with van der Waals surface area (Å²) in [4.78, 5) is 4.59. The summed E-state index contributed by atoms with van der Waals surface area (Å²) >= 11 is 0.